The molecule has 1 N–H and O–H groups in total. The number of rotatable bonds is 8. The lowest BCUT2D eigenvalue weighted by Gasteiger charge is -2.14. The molecule has 0 saturated heterocycles. The number of anilines is 1. The lowest BCUT2D eigenvalue weighted by molar-refractivity contribution is 0.102. The number of sulfone groups is 1. The molecule has 2 aromatic carbocycles. The van der Waals surface area contributed by atoms with Gasteiger partial charge in [-0.2, -0.15) is 5.10 Å². The van der Waals surface area contributed by atoms with Gasteiger partial charge in [0.2, 0.25) is 0 Å². The van der Waals surface area contributed by atoms with Crippen LogP contribution in [0.4, 0.5) is 5.69 Å². The number of benzene rings is 2. The lowest BCUT2D eigenvalue weighted by Crippen LogP contribution is -2.27. The summed E-state index contributed by atoms with van der Waals surface area (Å²) >= 11 is 0. The third-order valence-electron chi connectivity index (χ3n) is 6.22. The van der Waals surface area contributed by atoms with Crippen molar-refractivity contribution in [2.45, 2.75) is 68.6 Å². The maximum Gasteiger partial charge on any atom is 0.276 e. The minimum Gasteiger partial charge on any atom is -0.321 e. The Hall–Kier alpha value is -3.00. The van der Waals surface area contributed by atoms with Crippen molar-refractivity contribution >= 4 is 32.2 Å². The van der Waals surface area contributed by atoms with Crippen LogP contribution in [0.3, 0.4) is 0 Å². The van der Waals surface area contributed by atoms with Crippen LogP contribution in [0.15, 0.2) is 58.2 Å². The highest BCUT2D eigenvalue weighted by molar-refractivity contribution is 7.92. The molecule has 1 saturated carbocycles. The molecule has 7 nitrogen and oxygen atoms in total. The molecule has 0 unspecified atom stereocenters. The molecular formula is C25H29N3O4S. The zero-order valence-electron chi connectivity index (χ0n) is 18.8. The quantitative estimate of drug-likeness (QED) is 0.490. The number of fused-ring (bicyclic) bond motifs is 1. The van der Waals surface area contributed by atoms with E-state index in [4.69, 9.17) is 0 Å². The van der Waals surface area contributed by atoms with Gasteiger partial charge in [0.05, 0.1) is 15.5 Å². The van der Waals surface area contributed by atoms with Crippen molar-refractivity contribution in [3.63, 3.8) is 0 Å². The van der Waals surface area contributed by atoms with E-state index in [1.54, 1.807) is 42.5 Å². The third-order valence-corrected chi connectivity index (χ3v) is 8.48. The number of nitrogens with one attached hydrogen (secondary N) is 1. The van der Waals surface area contributed by atoms with Gasteiger partial charge in [-0.3, -0.25) is 9.59 Å². The van der Waals surface area contributed by atoms with Crippen molar-refractivity contribution in [1.29, 1.82) is 0 Å². The molecule has 8 heteroatoms. The van der Waals surface area contributed by atoms with Crippen LogP contribution in [0, 0.1) is 0 Å². The second-order valence-corrected chi connectivity index (χ2v) is 10.8. The molecule has 1 amide bonds. The molecular weight excluding hydrogens is 438 g/mol. The number of hydrogen-bond donors (Lipinski definition) is 1. The van der Waals surface area contributed by atoms with Crippen molar-refractivity contribution in [2.75, 3.05) is 5.32 Å². The van der Waals surface area contributed by atoms with E-state index in [2.05, 4.69) is 17.3 Å². The van der Waals surface area contributed by atoms with Crippen LogP contribution in [0.5, 0.6) is 0 Å². The fourth-order valence-corrected chi connectivity index (χ4v) is 6.30. The molecule has 4 rings (SSSR count). The van der Waals surface area contributed by atoms with E-state index < -0.39 is 15.7 Å². The van der Waals surface area contributed by atoms with E-state index in [1.807, 2.05) is 0 Å². The van der Waals surface area contributed by atoms with Crippen molar-refractivity contribution in [3.05, 3.63) is 64.6 Å². The maximum absolute atomic E-state index is 13.2. The molecule has 0 atom stereocenters. The summed E-state index contributed by atoms with van der Waals surface area (Å²) in [5.41, 5.74) is 0.308. The number of aryl methyl sites for hydroxylation is 1. The number of carbonyl (C=O) groups is 1. The molecule has 3 aromatic rings. The molecule has 174 valence electrons. The lowest BCUT2D eigenvalue weighted by atomic mass is 10.1. The van der Waals surface area contributed by atoms with Gasteiger partial charge in [-0.25, -0.2) is 13.1 Å². The molecule has 1 heterocycles. The molecule has 0 aliphatic heterocycles. The monoisotopic (exact) mass is 467 g/mol. The predicted octanol–water partition coefficient (Wildman–Crippen LogP) is 4.56. The van der Waals surface area contributed by atoms with Gasteiger partial charge < -0.3 is 5.32 Å². The Balaban J connectivity index is 1.66. The van der Waals surface area contributed by atoms with Gasteiger partial charge >= 0.3 is 0 Å². The van der Waals surface area contributed by atoms with Gasteiger partial charge in [0.1, 0.15) is 0 Å². The highest BCUT2D eigenvalue weighted by Gasteiger charge is 2.30. The van der Waals surface area contributed by atoms with E-state index in [-0.39, 0.29) is 21.4 Å². The first-order chi connectivity index (χ1) is 15.9. The summed E-state index contributed by atoms with van der Waals surface area (Å²) in [7, 11) is -3.43. The summed E-state index contributed by atoms with van der Waals surface area (Å²) in [6.07, 6.45) is 5.97. The molecule has 1 aromatic heterocycles. The van der Waals surface area contributed by atoms with Crippen LogP contribution in [0.1, 0.15) is 62.4 Å². The number of carbonyl (C=O) groups excluding carboxylic acids is 1. The molecule has 1 aliphatic rings. The second kappa shape index (κ2) is 9.87. The van der Waals surface area contributed by atoms with Gasteiger partial charge in [-0.05, 0) is 43.5 Å². The van der Waals surface area contributed by atoms with Gasteiger partial charge in [0, 0.05) is 17.6 Å². The SMILES string of the molecule is CCCCCn1nc(C(=O)Nc2cccc(S(=O)(=O)C3CCCC3)c2)c2ccccc2c1=O. The standard InChI is InChI=1S/C25H29N3O4S/c1-2-3-8-16-28-25(30)22-15-7-6-14-21(22)23(27-28)24(29)26-18-10-9-13-20(17-18)33(31,32)19-11-4-5-12-19/h6-7,9-10,13-15,17,19H,2-5,8,11-12,16H2,1H3,(H,26,29). The number of amides is 1. The Bertz CT molecular complexity index is 1320. The van der Waals surface area contributed by atoms with Crippen molar-refractivity contribution in [3.8, 4) is 0 Å². The predicted molar refractivity (Wildman–Crippen MR) is 129 cm³/mol. The summed E-state index contributed by atoms with van der Waals surface area (Å²) in [6, 6.07) is 13.3. The zero-order valence-corrected chi connectivity index (χ0v) is 19.6. The first kappa shape index (κ1) is 23.2. The minimum atomic E-state index is -3.43. The summed E-state index contributed by atoms with van der Waals surface area (Å²) in [4.78, 5) is 26.3. The highest BCUT2D eigenvalue weighted by atomic mass is 32.2. The van der Waals surface area contributed by atoms with E-state index in [1.165, 1.54) is 10.7 Å². The van der Waals surface area contributed by atoms with E-state index in [0.717, 1.165) is 32.1 Å². The molecule has 1 aliphatic carbocycles. The van der Waals surface area contributed by atoms with Crippen LogP contribution in [-0.2, 0) is 16.4 Å². The van der Waals surface area contributed by atoms with E-state index in [0.29, 0.717) is 35.8 Å². The average Bonchev–Trinajstić information content (AvgIpc) is 3.37. The second-order valence-electron chi connectivity index (χ2n) is 8.56. The largest absolute Gasteiger partial charge is 0.321 e. The van der Waals surface area contributed by atoms with Gasteiger partial charge in [-0.15, -0.1) is 0 Å². The average molecular weight is 468 g/mol. The van der Waals surface area contributed by atoms with Gasteiger partial charge in [0.15, 0.2) is 15.5 Å². The van der Waals surface area contributed by atoms with E-state index in [9.17, 15) is 18.0 Å². The zero-order chi connectivity index (χ0) is 23.4. The topological polar surface area (TPSA) is 98.1 Å². The summed E-state index contributed by atoms with van der Waals surface area (Å²) in [5, 5.41) is 7.71. The Kier molecular flexibility index (Phi) is 6.93. The summed E-state index contributed by atoms with van der Waals surface area (Å²) in [5.74, 6) is -0.481. The Morgan fingerprint density at radius 3 is 2.52 bits per heavy atom. The van der Waals surface area contributed by atoms with Crippen LogP contribution in [0.25, 0.3) is 10.8 Å². The number of hydrogen-bond acceptors (Lipinski definition) is 5. The highest BCUT2D eigenvalue weighted by Crippen LogP contribution is 2.30. The fraction of sp³-hybridized carbons (Fsp3) is 0.400. The van der Waals surface area contributed by atoms with Crippen molar-refractivity contribution in [2.24, 2.45) is 0 Å². The first-order valence-electron chi connectivity index (χ1n) is 11.6. The van der Waals surface area contributed by atoms with Gasteiger partial charge in [-0.1, -0.05) is 56.9 Å². The molecule has 0 spiro atoms. The van der Waals surface area contributed by atoms with E-state index >= 15 is 0 Å². The summed E-state index contributed by atoms with van der Waals surface area (Å²) < 4.78 is 27.3. The Morgan fingerprint density at radius 1 is 1.06 bits per heavy atom. The maximum atomic E-state index is 13.2. The third kappa shape index (κ3) is 4.85. The fourth-order valence-electron chi connectivity index (χ4n) is 4.40. The van der Waals surface area contributed by atoms with Crippen molar-refractivity contribution < 1.29 is 13.2 Å². The Morgan fingerprint density at radius 2 is 1.79 bits per heavy atom. The number of unbranched alkanes of at least 4 members (excludes halogenated alkanes) is 2. The molecule has 0 bridgehead atoms. The molecule has 33 heavy (non-hydrogen) atoms. The summed E-state index contributed by atoms with van der Waals surface area (Å²) in [6.45, 7) is 2.52. The van der Waals surface area contributed by atoms with Gasteiger partial charge in [0.25, 0.3) is 11.5 Å². The van der Waals surface area contributed by atoms with Crippen LogP contribution >= 0.6 is 0 Å². The normalized spacial score (nSPS) is 14.6. The van der Waals surface area contributed by atoms with Crippen LogP contribution < -0.4 is 10.9 Å². The number of nitrogens with zero attached hydrogens (tertiary/aromatic N) is 2. The number of aromatic nitrogens is 2. The Labute approximate surface area is 193 Å². The van der Waals surface area contributed by atoms with Crippen LogP contribution in [-0.4, -0.2) is 29.4 Å². The molecule has 1 fully saturated rings. The molecule has 0 radical (unpaired) electrons. The van der Waals surface area contributed by atoms with Crippen molar-refractivity contribution in [1.82, 2.24) is 9.78 Å². The first-order valence-corrected chi connectivity index (χ1v) is 13.1. The smallest absolute Gasteiger partial charge is 0.276 e. The minimum absolute atomic E-state index is 0.144. The van der Waals surface area contributed by atoms with Crippen LogP contribution in [0.2, 0.25) is 0 Å².